The summed E-state index contributed by atoms with van der Waals surface area (Å²) < 4.78 is 49.6. The summed E-state index contributed by atoms with van der Waals surface area (Å²) in [6.07, 6.45) is -1.55. The van der Waals surface area contributed by atoms with Gasteiger partial charge in [0.2, 0.25) is 0 Å². The van der Waals surface area contributed by atoms with Crippen molar-refractivity contribution in [3.05, 3.63) is 70.5 Å². The number of aliphatic carboxylic acids is 1. The molecule has 0 saturated carbocycles. The van der Waals surface area contributed by atoms with E-state index in [4.69, 9.17) is 16.3 Å². The molecule has 0 aliphatic carbocycles. The van der Waals surface area contributed by atoms with E-state index in [9.17, 15) is 19.1 Å². The molecule has 2 aromatic rings. The van der Waals surface area contributed by atoms with Gasteiger partial charge in [0, 0.05) is 21.8 Å². The molecule has 32 heavy (non-hydrogen) atoms. The number of rotatable bonds is 9. The fourth-order valence-electron chi connectivity index (χ4n) is 3.47. The highest BCUT2D eigenvalue weighted by molar-refractivity contribution is 6.64. The molecule has 1 fully saturated rings. The van der Waals surface area contributed by atoms with Crippen LogP contribution in [0.2, 0.25) is 10.1 Å². The number of carboxylic acid groups (broad SMARTS) is 1. The zero-order chi connectivity index (χ0) is 23.5. The lowest BCUT2D eigenvalue weighted by atomic mass is 9.97. The molecule has 1 amide bonds. The molecule has 0 spiro atoms. The first-order valence-electron chi connectivity index (χ1n) is 9.97. The maximum atomic E-state index is 15.4. The molecule has 5 nitrogen and oxygen atoms in total. The standard InChI is InChI=1S/C22H21ClF3NO4Si/c1-2-3-10-21(19(28)29)18(32-21)27-20(30)31-17(13-6-4-9-16(24)11-13)22(25,26)14-7-5-8-15(23)12-14/h4-9,11-12,17-18H,2-3,10H2,1H3,(H,27,30)(H,28,29)/t17?,18?,21-/m1/s1. The zero-order valence-corrected chi connectivity index (χ0v) is 18.8. The van der Waals surface area contributed by atoms with Gasteiger partial charge in [-0.2, -0.15) is 8.78 Å². The third kappa shape index (κ3) is 5.10. The fraction of sp³-hybridized carbons (Fsp3) is 0.364. The van der Waals surface area contributed by atoms with E-state index in [1.54, 1.807) is 0 Å². The summed E-state index contributed by atoms with van der Waals surface area (Å²) in [4.78, 5) is 24.2. The van der Waals surface area contributed by atoms with Gasteiger partial charge in [-0.05, 0) is 30.7 Å². The van der Waals surface area contributed by atoms with Crippen molar-refractivity contribution in [2.24, 2.45) is 0 Å². The largest absolute Gasteiger partial charge is 0.481 e. The number of benzene rings is 2. The molecule has 2 aromatic carbocycles. The Labute approximate surface area is 190 Å². The molecule has 2 N–H and O–H groups in total. The highest BCUT2D eigenvalue weighted by Crippen LogP contribution is 2.50. The third-order valence-corrected chi connectivity index (χ3v) is 7.41. The minimum atomic E-state index is -3.74. The van der Waals surface area contributed by atoms with Gasteiger partial charge in [-0.15, -0.1) is 0 Å². The number of carboxylic acids is 1. The number of alkyl carbamates (subject to hydrolysis) is 1. The van der Waals surface area contributed by atoms with Crippen LogP contribution in [0.1, 0.15) is 43.4 Å². The van der Waals surface area contributed by atoms with Crippen LogP contribution in [0.3, 0.4) is 0 Å². The van der Waals surface area contributed by atoms with Crippen LogP contribution < -0.4 is 5.32 Å². The Morgan fingerprint density at radius 2 is 2.00 bits per heavy atom. The zero-order valence-electron chi connectivity index (χ0n) is 17.1. The normalized spacial score (nSPS) is 21.0. The number of carbonyl (C=O) groups is 2. The lowest BCUT2D eigenvalue weighted by Gasteiger charge is -2.28. The predicted molar refractivity (Wildman–Crippen MR) is 113 cm³/mol. The lowest BCUT2D eigenvalue weighted by molar-refractivity contribution is -0.139. The van der Waals surface area contributed by atoms with Crippen molar-refractivity contribution in [2.45, 2.75) is 48.9 Å². The fourth-order valence-corrected chi connectivity index (χ4v) is 5.06. The Morgan fingerprint density at radius 1 is 1.28 bits per heavy atom. The second-order valence-corrected chi connectivity index (χ2v) is 9.77. The molecular weight excluding hydrogens is 463 g/mol. The topological polar surface area (TPSA) is 75.6 Å². The average molecular weight is 484 g/mol. The number of hydrogen-bond donors (Lipinski definition) is 2. The van der Waals surface area contributed by atoms with Gasteiger partial charge in [-0.25, -0.2) is 9.18 Å². The maximum Gasteiger partial charge on any atom is 0.407 e. The minimum absolute atomic E-state index is 0.0611. The Morgan fingerprint density at radius 3 is 2.62 bits per heavy atom. The number of alkyl halides is 2. The van der Waals surface area contributed by atoms with Gasteiger partial charge in [0.15, 0.2) is 6.10 Å². The van der Waals surface area contributed by atoms with Crippen LogP contribution in [-0.4, -0.2) is 32.4 Å². The number of carbonyl (C=O) groups excluding carboxylic acids is 1. The molecule has 170 valence electrons. The van der Waals surface area contributed by atoms with Crippen molar-refractivity contribution in [3.63, 3.8) is 0 Å². The number of amides is 1. The molecular formula is C22H21ClF3NO4Si. The van der Waals surface area contributed by atoms with Crippen LogP contribution in [-0.2, 0) is 15.5 Å². The first-order valence-corrected chi connectivity index (χ1v) is 11.4. The maximum absolute atomic E-state index is 15.4. The summed E-state index contributed by atoms with van der Waals surface area (Å²) in [5, 5.41) is 10.9. The molecule has 1 aliphatic rings. The van der Waals surface area contributed by atoms with Crippen molar-refractivity contribution >= 4 is 33.2 Å². The Balaban J connectivity index is 1.84. The molecule has 0 bridgehead atoms. The van der Waals surface area contributed by atoms with Crippen LogP contribution in [0.4, 0.5) is 18.0 Å². The second kappa shape index (κ2) is 9.54. The van der Waals surface area contributed by atoms with E-state index in [0.29, 0.717) is 12.8 Å². The van der Waals surface area contributed by atoms with Crippen LogP contribution in [0.15, 0.2) is 48.5 Å². The quantitative estimate of drug-likeness (QED) is 0.461. The lowest BCUT2D eigenvalue weighted by Crippen LogP contribution is -2.36. The van der Waals surface area contributed by atoms with E-state index in [1.165, 1.54) is 24.3 Å². The number of nitrogens with one attached hydrogen (secondary N) is 1. The number of halogens is 4. The van der Waals surface area contributed by atoms with Gasteiger partial charge in [-0.1, -0.05) is 55.6 Å². The Bertz CT molecular complexity index is 1010. The number of hydrogen-bond acceptors (Lipinski definition) is 3. The van der Waals surface area contributed by atoms with Crippen molar-refractivity contribution in [3.8, 4) is 0 Å². The average Bonchev–Trinajstić information content (AvgIpc) is 3.44. The van der Waals surface area contributed by atoms with Crippen LogP contribution >= 0.6 is 11.6 Å². The van der Waals surface area contributed by atoms with Gasteiger partial charge in [0.05, 0.1) is 14.6 Å². The Kier molecular flexibility index (Phi) is 7.19. The van der Waals surface area contributed by atoms with Crippen LogP contribution in [0.25, 0.3) is 0 Å². The summed E-state index contributed by atoms with van der Waals surface area (Å²) in [5.41, 5.74) is -1.46. The molecule has 1 aliphatic heterocycles. The molecule has 2 radical (unpaired) electrons. The second-order valence-electron chi connectivity index (χ2n) is 7.58. The molecule has 1 heterocycles. The molecule has 3 atom stereocenters. The van der Waals surface area contributed by atoms with Crippen molar-refractivity contribution < 1.29 is 32.6 Å². The van der Waals surface area contributed by atoms with Gasteiger partial charge in [0.1, 0.15) is 5.82 Å². The molecule has 10 heteroatoms. The summed E-state index contributed by atoms with van der Waals surface area (Å²) >= 11 is 5.84. The van der Waals surface area contributed by atoms with Gasteiger partial charge >= 0.3 is 18.0 Å². The van der Waals surface area contributed by atoms with Crippen LogP contribution in [0.5, 0.6) is 0 Å². The highest BCUT2D eigenvalue weighted by Gasteiger charge is 2.62. The first-order chi connectivity index (χ1) is 15.1. The number of unbranched alkanes of at least 4 members (excludes halogenated alkanes) is 1. The molecule has 0 aromatic heterocycles. The van der Waals surface area contributed by atoms with E-state index in [-0.39, 0.29) is 20.1 Å². The van der Waals surface area contributed by atoms with E-state index >= 15 is 8.78 Å². The molecule has 2 unspecified atom stereocenters. The monoisotopic (exact) mass is 483 g/mol. The van der Waals surface area contributed by atoms with E-state index in [0.717, 1.165) is 30.7 Å². The molecule has 3 rings (SSSR count). The van der Waals surface area contributed by atoms with Gasteiger partial charge < -0.3 is 15.2 Å². The van der Waals surface area contributed by atoms with Crippen LogP contribution in [0, 0.1) is 5.82 Å². The SMILES string of the molecule is CCCC[C@@]1(C(=O)O)[Si]C1NC(=O)OC(c1cccc(F)c1)C(F)(F)c1cccc(Cl)c1. The highest BCUT2D eigenvalue weighted by atomic mass is 35.5. The smallest absolute Gasteiger partial charge is 0.407 e. The van der Waals surface area contributed by atoms with Gasteiger partial charge in [0.25, 0.3) is 0 Å². The summed E-state index contributed by atoms with van der Waals surface area (Å²) in [5.74, 6) is -5.56. The minimum Gasteiger partial charge on any atom is -0.481 e. The summed E-state index contributed by atoms with van der Waals surface area (Å²) in [6, 6.07) is 9.31. The van der Waals surface area contributed by atoms with E-state index in [1.807, 2.05) is 6.92 Å². The predicted octanol–water partition coefficient (Wildman–Crippen LogP) is 5.52. The summed E-state index contributed by atoms with van der Waals surface area (Å²) in [7, 11) is -0.0887. The van der Waals surface area contributed by atoms with Crippen molar-refractivity contribution in [2.75, 3.05) is 0 Å². The number of ether oxygens (including phenoxy) is 1. The van der Waals surface area contributed by atoms with E-state index in [2.05, 4.69) is 5.32 Å². The third-order valence-electron chi connectivity index (χ3n) is 5.29. The molecule has 1 saturated heterocycles. The summed E-state index contributed by atoms with van der Waals surface area (Å²) in [6.45, 7) is 1.92. The first kappa shape index (κ1) is 24.1. The van der Waals surface area contributed by atoms with Crippen molar-refractivity contribution in [1.29, 1.82) is 0 Å². The Hall–Kier alpha value is -2.52. The van der Waals surface area contributed by atoms with Gasteiger partial charge in [-0.3, -0.25) is 4.79 Å². The van der Waals surface area contributed by atoms with E-state index < -0.39 is 46.2 Å². The van der Waals surface area contributed by atoms with Crippen molar-refractivity contribution in [1.82, 2.24) is 5.32 Å².